The summed E-state index contributed by atoms with van der Waals surface area (Å²) < 4.78 is 0. The van der Waals surface area contributed by atoms with Gasteiger partial charge in [0.1, 0.15) is 0 Å². The molecular weight excluding hydrogens is 338 g/mol. The zero-order valence-electron chi connectivity index (χ0n) is 9.62. The molecule has 1 rings (SSSR count). The fourth-order valence-electron chi connectivity index (χ4n) is 1.55. The summed E-state index contributed by atoms with van der Waals surface area (Å²) in [6.45, 7) is 0. The van der Waals surface area contributed by atoms with Crippen LogP contribution in [0.2, 0.25) is 22.3 Å². The number of amides is 2. The van der Waals surface area contributed by atoms with Crippen LogP contribution < -0.4 is 10.6 Å². The molecule has 0 aromatic rings. The van der Waals surface area contributed by atoms with Crippen molar-refractivity contribution in [2.24, 2.45) is 0 Å². The predicted molar refractivity (Wildman–Crippen MR) is 65.9 cm³/mol. The standard InChI is InChI=1S/C10H18N2O2Se2/c1-15-5-3-7-9(13)12-8(4-6-16-2)10(14)11-7/h7-8H,3-6H2,1-2H3,(H,11,14)(H,12,13)/t7-,8-/m0/s1. The van der Waals surface area contributed by atoms with E-state index in [2.05, 4.69) is 22.3 Å². The van der Waals surface area contributed by atoms with E-state index in [-0.39, 0.29) is 23.9 Å². The number of carbonyl (C=O) groups is 2. The van der Waals surface area contributed by atoms with E-state index >= 15 is 0 Å². The van der Waals surface area contributed by atoms with Crippen LogP contribution in [-0.2, 0) is 9.59 Å². The molecule has 2 N–H and O–H groups in total. The van der Waals surface area contributed by atoms with Crippen LogP contribution in [-0.4, -0.2) is 53.8 Å². The van der Waals surface area contributed by atoms with Gasteiger partial charge in [-0.2, -0.15) is 0 Å². The summed E-state index contributed by atoms with van der Waals surface area (Å²) in [6, 6.07) is -0.588. The van der Waals surface area contributed by atoms with Crippen LogP contribution in [0.1, 0.15) is 12.8 Å². The van der Waals surface area contributed by atoms with E-state index in [1.54, 1.807) is 0 Å². The van der Waals surface area contributed by atoms with Crippen LogP contribution in [0.4, 0.5) is 0 Å². The molecule has 1 aliphatic heterocycles. The van der Waals surface area contributed by atoms with E-state index in [0.717, 1.165) is 23.5 Å². The molecule has 0 unspecified atom stereocenters. The Labute approximate surface area is 109 Å². The van der Waals surface area contributed by atoms with E-state index in [1.807, 2.05) is 0 Å². The summed E-state index contributed by atoms with van der Waals surface area (Å²) in [7, 11) is 0. The molecule has 1 aliphatic rings. The van der Waals surface area contributed by atoms with Crippen molar-refractivity contribution >= 4 is 41.7 Å². The fraction of sp³-hybridized carbons (Fsp3) is 0.800. The molecule has 1 heterocycles. The summed E-state index contributed by atoms with van der Waals surface area (Å²) in [5.74, 6) is 4.28. The number of nitrogens with one attached hydrogen (secondary N) is 2. The minimum atomic E-state index is -0.294. The SMILES string of the molecule is C[Se]CC[C@@H]1NC(=O)[C@H](CC[Se]C)NC1=O. The van der Waals surface area contributed by atoms with E-state index in [9.17, 15) is 9.59 Å². The number of rotatable bonds is 6. The Bertz CT molecular complexity index is 235. The Balaban J connectivity index is 2.43. The van der Waals surface area contributed by atoms with Crippen LogP contribution in [0.25, 0.3) is 0 Å². The third-order valence-corrected chi connectivity index (χ3v) is 5.19. The first-order chi connectivity index (χ1) is 7.69. The van der Waals surface area contributed by atoms with E-state index < -0.39 is 0 Å². The van der Waals surface area contributed by atoms with Crippen molar-refractivity contribution in [3.05, 3.63) is 0 Å². The second-order valence-corrected chi connectivity index (χ2v) is 7.82. The van der Waals surface area contributed by atoms with Gasteiger partial charge in [0.2, 0.25) is 0 Å². The third kappa shape index (κ3) is 4.10. The number of piperazine rings is 1. The van der Waals surface area contributed by atoms with Gasteiger partial charge in [0.15, 0.2) is 0 Å². The number of hydrogen-bond donors (Lipinski definition) is 2. The van der Waals surface area contributed by atoms with Gasteiger partial charge in [0, 0.05) is 0 Å². The van der Waals surface area contributed by atoms with E-state index in [4.69, 9.17) is 0 Å². The molecule has 0 bridgehead atoms. The average molecular weight is 356 g/mol. The van der Waals surface area contributed by atoms with Crippen molar-refractivity contribution in [2.45, 2.75) is 47.2 Å². The first-order valence-electron chi connectivity index (χ1n) is 5.27. The number of hydrogen-bond acceptors (Lipinski definition) is 2. The zero-order chi connectivity index (χ0) is 12.0. The van der Waals surface area contributed by atoms with Gasteiger partial charge in [-0.1, -0.05) is 0 Å². The zero-order valence-corrected chi connectivity index (χ0v) is 13.0. The topological polar surface area (TPSA) is 58.2 Å². The second kappa shape index (κ2) is 7.33. The van der Waals surface area contributed by atoms with Crippen molar-refractivity contribution in [3.63, 3.8) is 0 Å². The molecule has 4 nitrogen and oxygen atoms in total. The van der Waals surface area contributed by atoms with Crippen molar-refractivity contribution in [2.75, 3.05) is 0 Å². The quantitative estimate of drug-likeness (QED) is 0.663. The van der Waals surface area contributed by atoms with Crippen molar-refractivity contribution in [1.82, 2.24) is 10.6 Å². The monoisotopic (exact) mass is 358 g/mol. The van der Waals surface area contributed by atoms with E-state index in [1.165, 1.54) is 0 Å². The normalized spacial score (nSPS) is 25.1. The maximum absolute atomic E-state index is 11.7. The molecular formula is C10H18N2O2Se2. The van der Waals surface area contributed by atoms with Crippen LogP contribution >= 0.6 is 0 Å². The summed E-state index contributed by atoms with van der Waals surface area (Å²) in [5, 5.41) is 7.72. The first-order valence-corrected chi connectivity index (χ1v) is 11.1. The minimum absolute atomic E-state index is 0.00236. The van der Waals surface area contributed by atoms with Gasteiger partial charge in [-0.15, -0.1) is 0 Å². The van der Waals surface area contributed by atoms with Crippen LogP contribution in [0, 0.1) is 0 Å². The predicted octanol–water partition coefficient (Wildman–Crippen LogP) is 0.0910. The van der Waals surface area contributed by atoms with Crippen molar-refractivity contribution in [1.29, 1.82) is 0 Å². The molecule has 2 atom stereocenters. The molecule has 1 saturated heterocycles. The van der Waals surface area contributed by atoms with Gasteiger partial charge in [-0.05, 0) is 0 Å². The molecule has 1 fully saturated rings. The van der Waals surface area contributed by atoms with Gasteiger partial charge in [0.25, 0.3) is 0 Å². The molecule has 2 amide bonds. The molecule has 0 aromatic carbocycles. The Kier molecular flexibility index (Phi) is 6.44. The van der Waals surface area contributed by atoms with Gasteiger partial charge >= 0.3 is 109 Å². The Morgan fingerprint density at radius 1 is 0.938 bits per heavy atom. The van der Waals surface area contributed by atoms with Crippen molar-refractivity contribution < 1.29 is 9.59 Å². The van der Waals surface area contributed by atoms with Gasteiger partial charge in [-0.3, -0.25) is 0 Å². The Morgan fingerprint density at radius 3 is 1.62 bits per heavy atom. The Morgan fingerprint density at radius 2 is 1.31 bits per heavy atom. The summed E-state index contributed by atoms with van der Waals surface area (Å²) >= 11 is 1.12. The van der Waals surface area contributed by atoms with Gasteiger partial charge < -0.3 is 0 Å². The van der Waals surface area contributed by atoms with Crippen molar-refractivity contribution in [3.8, 4) is 0 Å². The van der Waals surface area contributed by atoms with Crippen LogP contribution in [0.15, 0.2) is 0 Å². The summed E-state index contributed by atoms with van der Waals surface area (Å²) in [4.78, 5) is 23.4. The fourth-order valence-corrected chi connectivity index (χ4v) is 3.53. The van der Waals surface area contributed by atoms with Crippen LogP contribution in [0.5, 0.6) is 0 Å². The Hall–Kier alpha value is -0.0210. The molecule has 0 aliphatic carbocycles. The summed E-state index contributed by atoms with van der Waals surface area (Å²) in [5.41, 5.74) is 0. The second-order valence-electron chi connectivity index (χ2n) is 3.69. The number of carbonyl (C=O) groups excluding carboxylic acids is 2. The average Bonchev–Trinajstić information content (AvgIpc) is 2.28. The van der Waals surface area contributed by atoms with Crippen LogP contribution in [0.3, 0.4) is 0 Å². The maximum atomic E-state index is 11.7. The molecule has 92 valence electrons. The summed E-state index contributed by atoms with van der Waals surface area (Å²) in [6.07, 6.45) is 1.55. The van der Waals surface area contributed by atoms with Gasteiger partial charge in [0.05, 0.1) is 0 Å². The molecule has 0 spiro atoms. The molecule has 16 heavy (non-hydrogen) atoms. The molecule has 6 heteroatoms. The molecule has 0 saturated carbocycles. The van der Waals surface area contributed by atoms with E-state index in [0.29, 0.717) is 29.9 Å². The molecule has 0 aromatic heterocycles. The molecule has 0 radical (unpaired) electrons. The van der Waals surface area contributed by atoms with Gasteiger partial charge in [-0.25, -0.2) is 0 Å². The third-order valence-electron chi connectivity index (χ3n) is 2.49. The first kappa shape index (κ1) is 14.0.